The number of rotatable bonds is 60. The van der Waals surface area contributed by atoms with E-state index in [-0.39, 0.29) is 25.9 Å². The van der Waals surface area contributed by atoms with Crippen molar-refractivity contribution >= 4 is 25.7 Å². The predicted octanol–water partition coefficient (Wildman–Crippen LogP) is 19.2. The molecule has 0 saturated carbocycles. The van der Waals surface area contributed by atoms with Crippen LogP contribution < -0.4 is 0 Å². The number of aliphatic hydroxyl groups excluding tert-OH is 1. The minimum Gasteiger partial charge on any atom is -0.462 e. The molecular weight excluding hydrogens is 976 g/mol. The summed E-state index contributed by atoms with van der Waals surface area (Å²) in [5.41, 5.74) is 0. The molecule has 0 rings (SSSR count). The Kier molecular flexibility index (Phi) is 57.1. The fourth-order valence-electron chi connectivity index (χ4n) is 9.16. The van der Waals surface area contributed by atoms with Crippen molar-refractivity contribution in [3.63, 3.8) is 0 Å². The van der Waals surface area contributed by atoms with Gasteiger partial charge >= 0.3 is 25.7 Å². The van der Waals surface area contributed by atoms with Crippen molar-refractivity contribution in [2.45, 2.75) is 328 Å². The van der Waals surface area contributed by atoms with Crippen LogP contribution >= 0.6 is 7.82 Å². The molecule has 446 valence electrons. The fourth-order valence-corrected chi connectivity index (χ4v) is 9.94. The number of phosphoric acid groups is 1. The summed E-state index contributed by atoms with van der Waals surface area (Å²) in [5, 5.41) is 9.82. The first-order chi connectivity index (χ1) is 37.2. The first kappa shape index (κ1) is 73.7. The van der Waals surface area contributed by atoms with E-state index in [2.05, 4.69) is 57.2 Å². The first-order valence-corrected chi connectivity index (χ1v) is 33.4. The molecule has 11 nitrogen and oxygen atoms in total. The lowest BCUT2D eigenvalue weighted by Crippen LogP contribution is -2.30. The van der Waals surface area contributed by atoms with Crippen molar-refractivity contribution in [2.75, 3.05) is 26.4 Å². The summed E-state index contributed by atoms with van der Waals surface area (Å²) in [6.07, 6.45) is 62.4. The van der Waals surface area contributed by atoms with Crippen LogP contribution in [0, 0.1) is 0 Å². The lowest BCUT2D eigenvalue weighted by Gasteiger charge is -2.21. The quantitative estimate of drug-likeness (QED) is 0.0197. The largest absolute Gasteiger partial charge is 0.472 e. The number of carbonyl (C=O) groups excluding carboxylic acids is 3. The normalized spacial score (nSPS) is 13.5. The molecular formula is C64H119O11P. The van der Waals surface area contributed by atoms with Crippen LogP contribution in [0.15, 0.2) is 36.5 Å². The maximum atomic E-state index is 12.9. The Morgan fingerprint density at radius 2 is 0.671 bits per heavy atom. The van der Waals surface area contributed by atoms with Gasteiger partial charge in [-0.2, -0.15) is 0 Å². The Morgan fingerprint density at radius 1 is 0.368 bits per heavy atom. The molecule has 0 radical (unpaired) electrons. The van der Waals surface area contributed by atoms with E-state index in [1.807, 2.05) is 0 Å². The lowest BCUT2D eigenvalue weighted by molar-refractivity contribution is -0.161. The van der Waals surface area contributed by atoms with Crippen LogP contribution in [0.1, 0.15) is 316 Å². The number of unbranched alkanes of at least 4 members (excludes halogenated alkanes) is 37. The number of hydrogen-bond donors (Lipinski definition) is 2. The van der Waals surface area contributed by atoms with Gasteiger partial charge in [-0.05, 0) is 70.6 Å². The zero-order chi connectivity index (χ0) is 55.5. The van der Waals surface area contributed by atoms with Gasteiger partial charge in [-0.25, -0.2) is 4.57 Å². The average Bonchev–Trinajstić information content (AvgIpc) is 3.41. The third kappa shape index (κ3) is 56.4. The summed E-state index contributed by atoms with van der Waals surface area (Å²) in [6.45, 7) is 4.62. The summed E-state index contributed by atoms with van der Waals surface area (Å²) in [6, 6.07) is 0. The van der Waals surface area contributed by atoms with E-state index >= 15 is 0 Å². The SMILES string of the molecule is CCC/C=C\C/C=C\CCCCCCCC(=O)OC(CO)COP(=O)(O)OCC(COC(=O)CCCCCCCCCCCCCCCCCCCCC)OC(=O)CCCCCCCCC/C=C\CCCCCCCC. The second-order valence-electron chi connectivity index (χ2n) is 21.6. The van der Waals surface area contributed by atoms with Crippen LogP contribution in [-0.2, 0) is 42.2 Å². The van der Waals surface area contributed by atoms with Crippen LogP contribution in [0.25, 0.3) is 0 Å². The van der Waals surface area contributed by atoms with Crippen molar-refractivity contribution in [3.05, 3.63) is 36.5 Å². The van der Waals surface area contributed by atoms with E-state index in [0.717, 1.165) is 89.9 Å². The first-order valence-electron chi connectivity index (χ1n) is 31.9. The van der Waals surface area contributed by atoms with Gasteiger partial charge in [-0.3, -0.25) is 23.4 Å². The van der Waals surface area contributed by atoms with Gasteiger partial charge < -0.3 is 24.2 Å². The van der Waals surface area contributed by atoms with E-state index in [9.17, 15) is 28.9 Å². The van der Waals surface area contributed by atoms with E-state index < -0.39 is 57.8 Å². The second kappa shape index (κ2) is 58.8. The van der Waals surface area contributed by atoms with Crippen molar-refractivity contribution in [1.82, 2.24) is 0 Å². The molecule has 2 N–H and O–H groups in total. The highest BCUT2D eigenvalue weighted by atomic mass is 31.2. The van der Waals surface area contributed by atoms with Crippen LogP contribution in [-0.4, -0.2) is 66.5 Å². The second-order valence-corrected chi connectivity index (χ2v) is 23.0. The molecule has 3 atom stereocenters. The molecule has 0 aromatic heterocycles. The van der Waals surface area contributed by atoms with Crippen molar-refractivity contribution < 1.29 is 52.2 Å². The number of aliphatic hydroxyl groups is 1. The summed E-state index contributed by atoms with van der Waals surface area (Å²) in [5.74, 6) is -1.46. The smallest absolute Gasteiger partial charge is 0.462 e. The number of esters is 3. The van der Waals surface area contributed by atoms with E-state index in [1.165, 1.54) is 167 Å². The highest BCUT2D eigenvalue weighted by Gasteiger charge is 2.28. The van der Waals surface area contributed by atoms with Gasteiger partial charge in [0, 0.05) is 19.3 Å². The van der Waals surface area contributed by atoms with Crippen LogP contribution in [0.5, 0.6) is 0 Å². The Hall–Kier alpha value is -2.30. The van der Waals surface area contributed by atoms with Gasteiger partial charge in [0.25, 0.3) is 0 Å². The molecule has 0 aromatic carbocycles. The molecule has 0 heterocycles. The molecule has 0 spiro atoms. The average molecular weight is 1100 g/mol. The zero-order valence-corrected chi connectivity index (χ0v) is 50.4. The molecule has 12 heteroatoms. The van der Waals surface area contributed by atoms with Crippen molar-refractivity contribution in [2.24, 2.45) is 0 Å². The Labute approximate surface area is 467 Å². The molecule has 3 unspecified atom stereocenters. The fraction of sp³-hybridized carbons (Fsp3) is 0.859. The molecule has 0 aliphatic carbocycles. The monoisotopic (exact) mass is 1090 g/mol. The maximum Gasteiger partial charge on any atom is 0.472 e. The maximum absolute atomic E-state index is 12.9. The molecule has 0 aliphatic heterocycles. The minimum absolute atomic E-state index is 0.163. The molecule has 0 aromatic rings. The highest BCUT2D eigenvalue weighted by Crippen LogP contribution is 2.43. The number of phosphoric ester groups is 1. The summed E-state index contributed by atoms with van der Waals surface area (Å²) < 4.78 is 39.6. The minimum atomic E-state index is -4.75. The third-order valence-electron chi connectivity index (χ3n) is 14.0. The Balaban J connectivity index is 4.67. The van der Waals surface area contributed by atoms with Crippen LogP contribution in [0.3, 0.4) is 0 Å². The standard InChI is InChI=1S/C64H119O11P/c1-4-7-10-13-16-19-22-25-27-29-30-32-33-36-38-41-44-47-50-53-62(66)71-57-61(75-64(68)55-52-49-46-43-40-37-34-31-28-26-23-20-17-14-11-8-5-2)59-73-76(69,70)72-58-60(56-65)74-63(67)54-51-48-45-42-39-35-24-21-18-15-12-9-6-3/h12,15,21,24,26,28,60-61,65H,4-11,13-14,16-20,22-23,25,27,29-59H2,1-3H3,(H,69,70)/b15-12-,24-21-,28-26-. The van der Waals surface area contributed by atoms with Gasteiger partial charge in [-0.1, -0.05) is 263 Å². The number of ether oxygens (including phenoxy) is 3. The topological polar surface area (TPSA) is 155 Å². The van der Waals surface area contributed by atoms with E-state index in [0.29, 0.717) is 19.3 Å². The molecule has 76 heavy (non-hydrogen) atoms. The van der Waals surface area contributed by atoms with Gasteiger partial charge in [-0.15, -0.1) is 0 Å². The van der Waals surface area contributed by atoms with Crippen LogP contribution in [0.4, 0.5) is 0 Å². The van der Waals surface area contributed by atoms with Crippen molar-refractivity contribution in [1.29, 1.82) is 0 Å². The summed E-state index contributed by atoms with van der Waals surface area (Å²) in [7, 11) is -4.75. The Bertz CT molecular complexity index is 1420. The summed E-state index contributed by atoms with van der Waals surface area (Å²) >= 11 is 0. The zero-order valence-electron chi connectivity index (χ0n) is 49.5. The molecule has 0 saturated heterocycles. The lowest BCUT2D eigenvalue weighted by atomic mass is 10.0. The molecule has 0 amide bonds. The highest BCUT2D eigenvalue weighted by molar-refractivity contribution is 7.47. The molecule has 0 bridgehead atoms. The van der Waals surface area contributed by atoms with Crippen LogP contribution in [0.2, 0.25) is 0 Å². The van der Waals surface area contributed by atoms with E-state index in [1.54, 1.807) is 0 Å². The van der Waals surface area contributed by atoms with Crippen molar-refractivity contribution in [3.8, 4) is 0 Å². The van der Waals surface area contributed by atoms with E-state index in [4.69, 9.17) is 23.3 Å². The predicted molar refractivity (Wildman–Crippen MR) is 316 cm³/mol. The number of carbonyl (C=O) groups is 3. The molecule has 0 fully saturated rings. The third-order valence-corrected chi connectivity index (χ3v) is 15.0. The number of allylic oxidation sites excluding steroid dienone is 6. The summed E-state index contributed by atoms with van der Waals surface area (Å²) in [4.78, 5) is 48.7. The van der Waals surface area contributed by atoms with Gasteiger partial charge in [0.15, 0.2) is 6.10 Å². The molecule has 0 aliphatic rings. The van der Waals surface area contributed by atoms with Gasteiger partial charge in [0.1, 0.15) is 12.7 Å². The van der Waals surface area contributed by atoms with Gasteiger partial charge in [0.2, 0.25) is 0 Å². The Morgan fingerprint density at radius 3 is 1.04 bits per heavy atom. The number of hydrogen-bond acceptors (Lipinski definition) is 10. The van der Waals surface area contributed by atoms with Gasteiger partial charge in [0.05, 0.1) is 19.8 Å².